The minimum atomic E-state index is -4.53. The number of ether oxygens (including phenoxy) is 3. The van der Waals surface area contributed by atoms with Gasteiger partial charge in [0.05, 0.1) is 12.7 Å². The highest BCUT2D eigenvalue weighted by Gasteiger charge is 2.34. The van der Waals surface area contributed by atoms with Crippen molar-refractivity contribution in [2.45, 2.75) is 39.5 Å². The zero-order valence-corrected chi connectivity index (χ0v) is 15.4. The van der Waals surface area contributed by atoms with Crippen LogP contribution in [-0.4, -0.2) is 13.3 Å². The lowest BCUT2D eigenvalue weighted by molar-refractivity contribution is -0.139. The molecule has 0 saturated heterocycles. The Kier molecular flexibility index (Phi) is 6.71. The Balaban J connectivity index is 2.35. The second-order valence-electron chi connectivity index (χ2n) is 5.77. The molecule has 27 heavy (non-hydrogen) atoms. The van der Waals surface area contributed by atoms with Crippen LogP contribution in [0.3, 0.4) is 0 Å². The second kappa shape index (κ2) is 8.79. The Hall–Kier alpha value is -2.70. The third-order valence-electron chi connectivity index (χ3n) is 4.10. The smallest absolute Gasteiger partial charge is 0.488 e. The van der Waals surface area contributed by atoms with Crippen molar-refractivity contribution in [2.75, 3.05) is 7.11 Å². The van der Waals surface area contributed by atoms with Gasteiger partial charge in [-0.25, -0.2) is 4.79 Å². The van der Waals surface area contributed by atoms with E-state index in [1.807, 2.05) is 6.92 Å². The predicted molar refractivity (Wildman–Crippen MR) is 94.0 cm³/mol. The quantitative estimate of drug-likeness (QED) is 0.485. The molecule has 0 heterocycles. The number of aryl methyl sites for hydroxylation is 2. The van der Waals surface area contributed by atoms with Gasteiger partial charge in [-0.3, -0.25) is 0 Å². The molecule has 0 amide bonds. The first-order chi connectivity index (χ1) is 12.8. The zero-order chi connectivity index (χ0) is 20.0. The second-order valence-corrected chi connectivity index (χ2v) is 5.77. The van der Waals surface area contributed by atoms with Crippen LogP contribution >= 0.6 is 0 Å². The van der Waals surface area contributed by atoms with Gasteiger partial charge in [0.1, 0.15) is 18.1 Å². The minimum absolute atomic E-state index is 0.176. The van der Waals surface area contributed by atoms with Crippen LogP contribution in [0.5, 0.6) is 11.5 Å². The lowest BCUT2D eigenvalue weighted by atomic mass is 10.0. The van der Waals surface area contributed by atoms with Crippen molar-refractivity contribution in [1.82, 2.24) is 0 Å². The number of benzene rings is 2. The van der Waals surface area contributed by atoms with E-state index in [4.69, 9.17) is 9.47 Å². The summed E-state index contributed by atoms with van der Waals surface area (Å²) in [5.74, 6) is -0.0745. The number of rotatable bonds is 6. The van der Waals surface area contributed by atoms with E-state index in [2.05, 4.69) is 4.74 Å². The van der Waals surface area contributed by atoms with Crippen LogP contribution < -0.4 is 9.47 Å². The third-order valence-corrected chi connectivity index (χ3v) is 4.10. The summed E-state index contributed by atoms with van der Waals surface area (Å²) in [4.78, 5) is 11.4. The lowest BCUT2D eigenvalue weighted by Gasteiger charge is -2.18. The van der Waals surface area contributed by atoms with Crippen LogP contribution in [0.1, 0.15) is 36.1 Å². The van der Waals surface area contributed by atoms with Gasteiger partial charge in [-0.2, -0.15) is 13.2 Å². The molecular formula is C20H21F3O4. The molecule has 0 aromatic heterocycles. The average Bonchev–Trinajstić information content (AvgIpc) is 2.65. The fourth-order valence-corrected chi connectivity index (χ4v) is 2.63. The molecule has 146 valence electrons. The van der Waals surface area contributed by atoms with Crippen molar-refractivity contribution < 1.29 is 32.2 Å². The predicted octanol–water partition coefficient (Wildman–Crippen LogP) is 5.55. The molecule has 0 aliphatic carbocycles. The van der Waals surface area contributed by atoms with Gasteiger partial charge in [-0.15, -0.1) is 0 Å². The molecule has 0 spiro atoms. The highest BCUT2D eigenvalue weighted by molar-refractivity contribution is 5.64. The standard InChI is InChI=1S/C20H21F3O4/c1-4-13-9-10-18(16(11-13)20(21,22)23)26-12-15-14(5-2)7-6-8-17(15)27-19(24)25-3/h6-11H,4-5,12H2,1-3H3. The van der Waals surface area contributed by atoms with Gasteiger partial charge in [0, 0.05) is 5.56 Å². The SMILES string of the molecule is CCc1ccc(OCc2c(CC)cccc2OC(=O)OC)c(C(F)(F)F)c1. The molecular weight excluding hydrogens is 361 g/mol. The van der Waals surface area contributed by atoms with Crippen molar-refractivity contribution in [3.8, 4) is 11.5 Å². The fourth-order valence-electron chi connectivity index (χ4n) is 2.63. The molecule has 0 bridgehead atoms. The normalized spacial score (nSPS) is 11.2. The number of methoxy groups -OCH3 is 1. The number of carbonyl (C=O) groups is 1. The van der Waals surface area contributed by atoms with Crippen LogP contribution in [0.2, 0.25) is 0 Å². The van der Waals surface area contributed by atoms with Crippen LogP contribution in [0, 0.1) is 0 Å². The van der Waals surface area contributed by atoms with Crippen molar-refractivity contribution in [3.63, 3.8) is 0 Å². The van der Waals surface area contributed by atoms with E-state index in [1.165, 1.54) is 13.2 Å². The largest absolute Gasteiger partial charge is 0.513 e. The molecule has 2 rings (SSSR count). The van der Waals surface area contributed by atoms with Crippen LogP contribution in [0.4, 0.5) is 18.0 Å². The summed E-state index contributed by atoms with van der Waals surface area (Å²) in [6.07, 6.45) is -4.36. The number of alkyl halides is 3. The van der Waals surface area contributed by atoms with Crippen molar-refractivity contribution in [2.24, 2.45) is 0 Å². The van der Waals surface area contributed by atoms with Gasteiger partial charge in [-0.1, -0.05) is 32.0 Å². The van der Waals surface area contributed by atoms with Gasteiger partial charge < -0.3 is 14.2 Å². The Morgan fingerprint density at radius 3 is 2.37 bits per heavy atom. The molecule has 4 nitrogen and oxygen atoms in total. The van der Waals surface area contributed by atoms with E-state index < -0.39 is 17.9 Å². The summed E-state index contributed by atoms with van der Waals surface area (Å²) in [5.41, 5.74) is 1.04. The van der Waals surface area contributed by atoms with Gasteiger partial charge >= 0.3 is 12.3 Å². The van der Waals surface area contributed by atoms with Gasteiger partial charge in [0.2, 0.25) is 0 Å². The molecule has 2 aromatic rings. The van der Waals surface area contributed by atoms with Gasteiger partial charge in [0.25, 0.3) is 0 Å². The first-order valence-electron chi connectivity index (χ1n) is 8.49. The Morgan fingerprint density at radius 2 is 1.78 bits per heavy atom. The Bertz CT molecular complexity index is 800. The number of hydrogen-bond acceptors (Lipinski definition) is 4. The minimum Gasteiger partial charge on any atom is -0.488 e. The zero-order valence-electron chi connectivity index (χ0n) is 15.4. The molecule has 0 atom stereocenters. The van der Waals surface area contributed by atoms with Gasteiger partial charge in [0.15, 0.2) is 0 Å². The monoisotopic (exact) mass is 382 g/mol. The van der Waals surface area contributed by atoms with E-state index in [-0.39, 0.29) is 18.1 Å². The molecule has 0 radical (unpaired) electrons. The van der Waals surface area contributed by atoms with Crippen molar-refractivity contribution >= 4 is 6.16 Å². The van der Waals surface area contributed by atoms with E-state index in [9.17, 15) is 18.0 Å². The summed E-state index contributed by atoms with van der Waals surface area (Å²) in [6.45, 7) is 3.49. The maximum atomic E-state index is 13.4. The number of hydrogen-bond donors (Lipinski definition) is 0. The van der Waals surface area contributed by atoms with E-state index in [0.29, 0.717) is 24.0 Å². The molecule has 0 saturated carbocycles. The molecule has 0 N–H and O–H groups in total. The summed E-state index contributed by atoms with van der Waals surface area (Å²) in [7, 11) is 1.17. The van der Waals surface area contributed by atoms with E-state index in [0.717, 1.165) is 11.6 Å². The molecule has 0 aliphatic rings. The average molecular weight is 382 g/mol. The van der Waals surface area contributed by atoms with Crippen LogP contribution in [0.25, 0.3) is 0 Å². The van der Waals surface area contributed by atoms with Crippen molar-refractivity contribution in [1.29, 1.82) is 0 Å². The summed E-state index contributed by atoms with van der Waals surface area (Å²) < 4.78 is 55.2. The summed E-state index contributed by atoms with van der Waals surface area (Å²) >= 11 is 0. The third kappa shape index (κ3) is 5.15. The first kappa shape index (κ1) is 20.6. The highest BCUT2D eigenvalue weighted by atomic mass is 19.4. The topological polar surface area (TPSA) is 44.8 Å². The summed E-state index contributed by atoms with van der Waals surface area (Å²) in [5, 5.41) is 0. The lowest BCUT2D eigenvalue weighted by Crippen LogP contribution is -2.13. The first-order valence-corrected chi connectivity index (χ1v) is 8.49. The van der Waals surface area contributed by atoms with Gasteiger partial charge in [-0.05, 0) is 42.2 Å². The molecule has 2 aromatic carbocycles. The summed E-state index contributed by atoms with van der Waals surface area (Å²) in [6, 6.07) is 9.04. The molecule has 0 fully saturated rings. The van der Waals surface area contributed by atoms with Crippen LogP contribution in [-0.2, 0) is 30.4 Å². The van der Waals surface area contributed by atoms with Crippen LogP contribution in [0.15, 0.2) is 36.4 Å². The number of halogens is 3. The van der Waals surface area contributed by atoms with Crippen molar-refractivity contribution in [3.05, 3.63) is 58.7 Å². The Morgan fingerprint density at radius 1 is 1.04 bits per heavy atom. The highest BCUT2D eigenvalue weighted by Crippen LogP contribution is 2.38. The van der Waals surface area contributed by atoms with E-state index >= 15 is 0 Å². The fraction of sp³-hybridized carbons (Fsp3) is 0.350. The Labute approximate surface area is 155 Å². The molecule has 0 aliphatic heterocycles. The maximum Gasteiger partial charge on any atom is 0.513 e. The van der Waals surface area contributed by atoms with E-state index in [1.54, 1.807) is 31.2 Å². The molecule has 7 heteroatoms. The number of carbonyl (C=O) groups excluding carboxylic acids is 1. The molecule has 0 unspecified atom stereocenters. The maximum absolute atomic E-state index is 13.4.